The number of benzene rings is 1. The predicted octanol–water partition coefficient (Wildman–Crippen LogP) is 3.63. The molecule has 8 heteroatoms. The number of nitrogens with one attached hydrogen (secondary N) is 1. The summed E-state index contributed by atoms with van der Waals surface area (Å²) in [6.07, 6.45) is 0.792. The molecule has 0 saturated heterocycles. The lowest BCUT2D eigenvalue weighted by atomic mass is 10.0. The first-order valence-corrected chi connectivity index (χ1v) is 8.23. The third kappa shape index (κ3) is 3.26. The van der Waals surface area contributed by atoms with Crippen molar-refractivity contribution < 1.29 is 14.2 Å². The number of aryl methyl sites for hydroxylation is 1. The van der Waals surface area contributed by atoms with Crippen LogP contribution in [0.4, 0.5) is 5.69 Å². The second kappa shape index (κ2) is 6.91. The van der Waals surface area contributed by atoms with E-state index in [1.165, 1.54) is 12.1 Å². The first-order chi connectivity index (χ1) is 12.4. The lowest BCUT2D eigenvalue weighted by Crippen LogP contribution is -2.32. The summed E-state index contributed by atoms with van der Waals surface area (Å²) in [5.74, 6) is -0.260. The molecule has 3 aromatic rings. The number of carbonyl (C=O) groups is 1. The topological polar surface area (TPSA) is 111 Å². The molecule has 134 valence electrons. The van der Waals surface area contributed by atoms with Crippen molar-refractivity contribution in [3.05, 3.63) is 51.7 Å². The number of amides is 1. The standard InChI is InChI=1S/C18H18N4O4/c1-4-10(2)19-17(23)14-9-15(20-18-16(14)11(3)21-26-18)12-6-5-7-13(8-12)22(24)25/h5-10H,4H2,1-3H3,(H,19,23). The van der Waals surface area contributed by atoms with Crippen LogP contribution >= 0.6 is 0 Å². The van der Waals surface area contributed by atoms with Crippen LogP contribution in [0.3, 0.4) is 0 Å². The van der Waals surface area contributed by atoms with Crippen molar-refractivity contribution in [2.24, 2.45) is 0 Å². The van der Waals surface area contributed by atoms with E-state index in [-0.39, 0.29) is 23.3 Å². The number of hydrogen-bond acceptors (Lipinski definition) is 6. The van der Waals surface area contributed by atoms with Gasteiger partial charge in [0.15, 0.2) is 0 Å². The number of carbonyl (C=O) groups excluding carboxylic acids is 1. The van der Waals surface area contributed by atoms with E-state index in [0.29, 0.717) is 27.9 Å². The molecule has 0 fully saturated rings. The molecule has 1 N–H and O–H groups in total. The van der Waals surface area contributed by atoms with Gasteiger partial charge in [-0.2, -0.15) is 0 Å². The Kier molecular flexibility index (Phi) is 4.66. The molecule has 1 unspecified atom stereocenters. The minimum absolute atomic E-state index is 0.00662. The number of nitro benzene ring substituents is 1. The fraction of sp³-hybridized carbons (Fsp3) is 0.278. The molecule has 0 radical (unpaired) electrons. The van der Waals surface area contributed by atoms with Crippen molar-refractivity contribution in [1.82, 2.24) is 15.5 Å². The molecule has 1 atom stereocenters. The number of hydrogen-bond donors (Lipinski definition) is 1. The van der Waals surface area contributed by atoms with Crippen LogP contribution in [0, 0.1) is 17.0 Å². The summed E-state index contributed by atoms with van der Waals surface area (Å²) in [5, 5.41) is 18.4. The van der Waals surface area contributed by atoms with E-state index in [0.717, 1.165) is 6.42 Å². The fourth-order valence-electron chi connectivity index (χ4n) is 2.60. The molecule has 1 aromatic carbocycles. The van der Waals surface area contributed by atoms with Crippen molar-refractivity contribution >= 4 is 22.7 Å². The predicted molar refractivity (Wildman–Crippen MR) is 95.9 cm³/mol. The Labute approximate surface area is 149 Å². The van der Waals surface area contributed by atoms with Crippen molar-refractivity contribution in [1.29, 1.82) is 0 Å². The molecule has 0 aliphatic carbocycles. The van der Waals surface area contributed by atoms with Crippen molar-refractivity contribution in [2.45, 2.75) is 33.2 Å². The highest BCUT2D eigenvalue weighted by atomic mass is 16.6. The first kappa shape index (κ1) is 17.5. The summed E-state index contributed by atoms with van der Waals surface area (Å²) in [4.78, 5) is 27.6. The number of fused-ring (bicyclic) bond motifs is 1. The summed E-state index contributed by atoms with van der Waals surface area (Å²) < 4.78 is 5.24. The Balaban J connectivity index is 2.15. The monoisotopic (exact) mass is 354 g/mol. The smallest absolute Gasteiger partial charge is 0.270 e. The Morgan fingerprint density at radius 3 is 2.85 bits per heavy atom. The van der Waals surface area contributed by atoms with Gasteiger partial charge in [-0.3, -0.25) is 14.9 Å². The molecular formula is C18H18N4O4. The van der Waals surface area contributed by atoms with Gasteiger partial charge in [0.25, 0.3) is 17.3 Å². The molecule has 8 nitrogen and oxygen atoms in total. The maximum atomic E-state index is 12.7. The number of nitro groups is 1. The Morgan fingerprint density at radius 1 is 1.38 bits per heavy atom. The summed E-state index contributed by atoms with van der Waals surface area (Å²) >= 11 is 0. The van der Waals surface area contributed by atoms with Crippen molar-refractivity contribution in [2.75, 3.05) is 0 Å². The minimum Gasteiger partial charge on any atom is -0.350 e. The lowest BCUT2D eigenvalue weighted by molar-refractivity contribution is -0.384. The number of rotatable bonds is 5. The third-order valence-corrected chi connectivity index (χ3v) is 4.20. The largest absolute Gasteiger partial charge is 0.350 e. The van der Waals surface area contributed by atoms with Gasteiger partial charge in [-0.1, -0.05) is 24.2 Å². The number of non-ortho nitro benzene ring substituents is 1. The minimum atomic E-state index is -0.475. The maximum Gasteiger partial charge on any atom is 0.270 e. The third-order valence-electron chi connectivity index (χ3n) is 4.20. The van der Waals surface area contributed by atoms with E-state index in [1.807, 2.05) is 13.8 Å². The van der Waals surface area contributed by atoms with Gasteiger partial charge in [0.05, 0.1) is 27.3 Å². The molecule has 3 rings (SSSR count). The van der Waals surface area contributed by atoms with Gasteiger partial charge in [0.2, 0.25) is 0 Å². The first-order valence-electron chi connectivity index (χ1n) is 8.23. The molecule has 26 heavy (non-hydrogen) atoms. The van der Waals surface area contributed by atoms with E-state index in [1.54, 1.807) is 25.1 Å². The normalized spacial score (nSPS) is 12.1. The van der Waals surface area contributed by atoms with E-state index < -0.39 is 4.92 Å². The highest BCUT2D eigenvalue weighted by molar-refractivity contribution is 6.07. The van der Waals surface area contributed by atoms with E-state index in [2.05, 4.69) is 15.5 Å². The molecule has 0 spiro atoms. The molecular weight excluding hydrogens is 336 g/mol. The molecule has 0 saturated carbocycles. The Bertz CT molecular complexity index is 996. The van der Waals surface area contributed by atoms with Gasteiger partial charge >= 0.3 is 0 Å². The zero-order chi connectivity index (χ0) is 18.8. The number of nitrogens with zero attached hydrogens (tertiary/aromatic N) is 3. The van der Waals surface area contributed by atoms with Gasteiger partial charge in [-0.25, -0.2) is 4.98 Å². The molecule has 0 aliphatic rings. The second-order valence-corrected chi connectivity index (χ2v) is 6.09. The van der Waals surface area contributed by atoms with Crippen LogP contribution in [0.1, 0.15) is 36.3 Å². The van der Waals surface area contributed by atoms with E-state index in [4.69, 9.17) is 4.52 Å². The molecule has 1 amide bonds. The lowest BCUT2D eigenvalue weighted by Gasteiger charge is -2.12. The SMILES string of the molecule is CCC(C)NC(=O)c1cc(-c2cccc([N+](=O)[O-])c2)nc2onc(C)c12. The molecule has 0 bridgehead atoms. The summed E-state index contributed by atoms with van der Waals surface area (Å²) in [7, 11) is 0. The molecule has 2 heterocycles. The number of pyridine rings is 1. The molecule has 2 aromatic heterocycles. The van der Waals surface area contributed by atoms with Crippen LogP contribution in [0.2, 0.25) is 0 Å². The van der Waals surface area contributed by atoms with Crippen LogP contribution in [0.5, 0.6) is 0 Å². The van der Waals surface area contributed by atoms with E-state index >= 15 is 0 Å². The van der Waals surface area contributed by atoms with Crippen molar-refractivity contribution in [3.8, 4) is 11.3 Å². The maximum absolute atomic E-state index is 12.7. The van der Waals surface area contributed by atoms with Crippen LogP contribution in [0.25, 0.3) is 22.4 Å². The Hall–Kier alpha value is -3.29. The van der Waals surface area contributed by atoms with Gasteiger partial charge in [-0.15, -0.1) is 0 Å². The quantitative estimate of drug-likeness (QED) is 0.553. The summed E-state index contributed by atoms with van der Waals surface area (Å²) in [6.45, 7) is 5.63. The average Bonchev–Trinajstić information content (AvgIpc) is 3.02. The highest BCUT2D eigenvalue weighted by Gasteiger charge is 2.20. The van der Waals surface area contributed by atoms with Crippen LogP contribution < -0.4 is 5.32 Å². The Morgan fingerprint density at radius 2 is 2.15 bits per heavy atom. The highest BCUT2D eigenvalue weighted by Crippen LogP contribution is 2.28. The second-order valence-electron chi connectivity index (χ2n) is 6.09. The zero-order valence-corrected chi connectivity index (χ0v) is 14.6. The fourth-order valence-corrected chi connectivity index (χ4v) is 2.60. The zero-order valence-electron chi connectivity index (χ0n) is 14.6. The number of aromatic nitrogens is 2. The summed E-state index contributed by atoms with van der Waals surface area (Å²) in [5.41, 5.74) is 2.05. The average molecular weight is 354 g/mol. The van der Waals surface area contributed by atoms with Gasteiger partial charge < -0.3 is 9.84 Å². The van der Waals surface area contributed by atoms with Gasteiger partial charge in [-0.05, 0) is 26.3 Å². The van der Waals surface area contributed by atoms with Crippen LogP contribution in [0.15, 0.2) is 34.9 Å². The molecule has 0 aliphatic heterocycles. The summed E-state index contributed by atoms with van der Waals surface area (Å²) in [6, 6.07) is 7.70. The van der Waals surface area contributed by atoms with Crippen molar-refractivity contribution in [3.63, 3.8) is 0 Å². The van der Waals surface area contributed by atoms with Crippen LogP contribution in [-0.4, -0.2) is 27.0 Å². The van der Waals surface area contributed by atoms with Gasteiger partial charge in [0, 0.05) is 23.7 Å². The van der Waals surface area contributed by atoms with Crippen LogP contribution in [-0.2, 0) is 0 Å². The van der Waals surface area contributed by atoms with E-state index in [9.17, 15) is 14.9 Å². The van der Waals surface area contributed by atoms with Gasteiger partial charge in [0.1, 0.15) is 0 Å².